The van der Waals surface area contributed by atoms with Crippen molar-refractivity contribution < 1.29 is 4.74 Å². The maximum atomic E-state index is 6.52. The number of benzene rings is 1. The summed E-state index contributed by atoms with van der Waals surface area (Å²) in [7, 11) is 1.69. The number of nitrogens with two attached hydrogens (primary N) is 1. The fourth-order valence-electron chi connectivity index (χ4n) is 3.16. The van der Waals surface area contributed by atoms with Crippen molar-refractivity contribution in [3.8, 4) is 5.75 Å². The summed E-state index contributed by atoms with van der Waals surface area (Å²) in [4.78, 5) is 4.42. The van der Waals surface area contributed by atoms with Crippen molar-refractivity contribution in [3.63, 3.8) is 0 Å². The number of ether oxygens (including phenoxy) is 1. The van der Waals surface area contributed by atoms with Crippen LogP contribution in [0.5, 0.6) is 5.75 Å². The third kappa shape index (κ3) is 2.10. The minimum Gasteiger partial charge on any atom is -0.497 e. The van der Waals surface area contributed by atoms with Gasteiger partial charge in [-0.3, -0.25) is 0 Å². The monoisotopic (exact) mass is 271 g/mol. The number of fused-ring (bicyclic) bond motifs is 1. The van der Waals surface area contributed by atoms with Gasteiger partial charge in [-0.2, -0.15) is 0 Å². The second-order valence-electron chi connectivity index (χ2n) is 5.30. The van der Waals surface area contributed by atoms with Gasteiger partial charge in [0.15, 0.2) is 0 Å². The van der Waals surface area contributed by atoms with E-state index in [0.717, 1.165) is 30.8 Å². The predicted molar refractivity (Wildman–Crippen MR) is 78.9 cm³/mol. The lowest BCUT2D eigenvalue weighted by Crippen LogP contribution is -2.30. The number of aromatic nitrogens is 2. The molecule has 2 unspecified atom stereocenters. The number of hydrogen-bond donors (Lipinski definition) is 1. The molecule has 0 spiro atoms. The van der Waals surface area contributed by atoms with Gasteiger partial charge in [0, 0.05) is 18.8 Å². The SMILES string of the molecule is CCc1nccn1C1CCc2ccc(OC)cc2C1N. The average molecular weight is 271 g/mol. The smallest absolute Gasteiger partial charge is 0.119 e. The first-order chi connectivity index (χ1) is 9.74. The van der Waals surface area contributed by atoms with E-state index < -0.39 is 0 Å². The first-order valence-electron chi connectivity index (χ1n) is 7.18. The zero-order valence-corrected chi connectivity index (χ0v) is 12.0. The van der Waals surface area contributed by atoms with Crippen molar-refractivity contribution in [2.75, 3.05) is 7.11 Å². The standard InChI is InChI=1S/C16H21N3O/c1-3-15-18-8-9-19(15)14-7-5-11-4-6-12(20-2)10-13(11)16(14)17/h4,6,8-10,14,16H,3,5,7,17H2,1-2H3. The van der Waals surface area contributed by atoms with Gasteiger partial charge in [0.05, 0.1) is 19.2 Å². The van der Waals surface area contributed by atoms with Gasteiger partial charge < -0.3 is 15.0 Å². The first kappa shape index (κ1) is 13.2. The van der Waals surface area contributed by atoms with E-state index in [1.807, 2.05) is 12.3 Å². The molecule has 1 aliphatic rings. The summed E-state index contributed by atoms with van der Waals surface area (Å²) in [5, 5.41) is 0. The number of nitrogens with zero attached hydrogens (tertiary/aromatic N) is 2. The topological polar surface area (TPSA) is 53.1 Å². The molecule has 0 radical (unpaired) electrons. The fraction of sp³-hybridized carbons (Fsp3) is 0.438. The van der Waals surface area contributed by atoms with Crippen molar-refractivity contribution in [3.05, 3.63) is 47.5 Å². The minimum atomic E-state index is -0.00616. The van der Waals surface area contributed by atoms with Crippen molar-refractivity contribution in [1.82, 2.24) is 9.55 Å². The van der Waals surface area contributed by atoms with E-state index in [-0.39, 0.29) is 12.1 Å². The van der Waals surface area contributed by atoms with Crippen LogP contribution in [0.25, 0.3) is 0 Å². The van der Waals surface area contributed by atoms with Crippen LogP contribution < -0.4 is 10.5 Å². The lowest BCUT2D eigenvalue weighted by molar-refractivity contribution is 0.358. The van der Waals surface area contributed by atoms with E-state index in [4.69, 9.17) is 10.5 Å². The summed E-state index contributed by atoms with van der Waals surface area (Å²) < 4.78 is 7.57. The summed E-state index contributed by atoms with van der Waals surface area (Å²) in [6.45, 7) is 2.13. The zero-order chi connectivity index (χ0) is 14.1. The van der Waals surface area contributed by atoms with Gasteiger partial charge in [-0.15, -0.1) is 0 Å². The molecule has 0 fully saturated rings. The quantitative estimate of drug-likeness (QED) is 0.933. The molecule has 0 aliphatic heterocycles. The summed E-state index contributed by atoms with van der Waals surface area (Å²) in [5.41, 5.74) is 9.07. The fourth-order valence-corrected chi connectivity index (χ4v) is 3.16. The van der Waals surface area contributed by atoms with Crippen LogP contribution in [-0.4, -0.2) is 16.7 Å². The molecule has 1 aliphatic carbocycles. The molecule has 3 rings (SSSR count). The van der Waals surface area contributed by atoms with Gasteiger partial charge in [0.2, 0.25) is 0 Å². The Morgan fingerprint density at radius 2 is 2.30 bits per heavy atom. The molecule has 1 aromatic heterocycles. The number of rotatable bonds is 3. The second-order valence-corrected chi connectivity index (χ2v) is 5.30. The normalized spacial score (nSPS) is 21.6. The molecule has 20 heavy (non-hydrogen) atoms. The molecule has 1 aromatic carbocycles. The number of methoxy groups -OCH3 is 1. The Bertz CT molecular complexity index is 606. The summed E-state index contributed by atoms with van der Waals surface area (Å²) in [6, 6.07) is 6.51. The third-order valence-corrected chi connectivity index (χ3v) is 4.26. The van der Waals surface area contributed by atoms with Gasteiger partial charge in [-0.1, -0.05) is 13.0 Å². The van der Waals surface area contributed by atoms with E-state index in [2.05, 4.69) is 34.8 Å². The van der Waals surface area contributed by atoms with Crippen LogP contribution in [0.2, 0.25) is 0 Å². The Labute approximate surface area is 119 Å². The Balaban J connectivity index is 1.97. The Morgan fingerprint density at radius 3 is 3.05 bits per heavy atom. The highest BCUT2D eigenvalue weighted by molar-refractivity contribution is 5.40. The Kier molecular flexibility index (Phi) is 3.49. The maximum Gasteiger partial charge on any atom is 0.119 e. The van der Waals surface area contributed by atoms with E-state index >= 15 is 0 Å². The summed E-state index contributed by atoms with van der Waals surface area (Å²) in [5.74, 6) is 1.98. The zero-order valence-electron chi connectivity index (χ0n) is 12.0. The number of imidazole rings is 1. The molecule has 0 amide bonds. The Hall–Kier alpha value is -1.81. The van der Waals surface area contributed by atoms with Crippen LogP contribution in [0.4, 0.5) is 0 Å². The molecule has 4 heteroatoms. The van der Waals surface area contributed by atoms with Crippen molar-refractivity contribution in [2.45, 2.75) is 38.3 Å². The average Bonchev–Trinajstić information content (AvgIpc) is 2.95. The van der Waals surface area contributed by atoms with E-state index in [1.54, 1.807) is 7.11 Å². The molecule has 2 aromatic rings. The van der Waals surface area contributed by atoms with E-state index in [1.165, 1.54) is 11.1 Å². The number of hydrogen-bond acceptors (Lipinski definition) is 3. The van der Waals surface area contributed by atoms with Crippen molar-refractivity contribution in [2.24, 2.45) is 5.73 Å². The highest BCUT2D eigenvalue weighted by Crippen LogP contribution is 2.38. The van der Waals surface area contributed by atoms with Crippen LogP contribution in [-0.2, 0) is 12.8 Å². The minimum absolute atomic E-state index is 0.00616. The van der Waals surface area contributed by atoms with Crippen molar-refractivity contribution in [1.29, 1.82) is 0 Å². The van der Waals surface area contributed by atoms with Crippen molar-refractivity contribution >= 4 is 0 Å². The first-order valence-corrected chi connectivity index (χ1v) is 7.18. The second kappa shape index (κ2) is 5.29. The van der Waals surface area contributed by atoms with E-state index in [9.17, 15) is 0 Å². The molecule has 4 nitrogen and oxygen atoms in total. The van der Waals surface area contributed by atoms with E-state index in [0.29, 0.717) is 0 Å². The predicted octanol–water partition coefficient (Wildman–Crippen LogP) is 2.64. The molecular weight excluding hydrogens is 250 g/mol. The molecule has 2 N–H and O–H groups in total. The molecule has 0 saturated heterocycles. The molecular formula is C16H21N3O. The molecule has 0 saturated carbocycles. The maximum absolute atomic E-state index is 6.52. The largest absolute Gasteiger partial charge is 0.497 e. The molecule has 1 heterocycles. The number of aryl methyl sites for hydroxylation is 2. The summed E-state index contributed by atoms with van der Waals surface area (Å²) >= 11 is 0. The highest BCUT2D eigenvalue weighted by Gasteiger charge is 2.29. The molecule has 106 valence electrons. The van der Waals surface area contributed by atoms with Crippen LogP contribution in [0, 0.1) is 0 Å². The molecule has 2 atom stereocenters. The van der Waals surface area contributed by atoms with Gasteiger partial charge in [0.25, 0.3) is 0 Å². The lowest BCUT2D eigenvalue weighted by Gasteiger charge is -2.33. The van der Waals surface area contributed by atoms with Gasteiger partial charge >= 0.3 is 0 Å². The van der Waals surface area contributed by atoms with Crippen LogP contribution in [0.15, 0.2) is 30.6 Å². The highest BCUT2D eigenvalue weighted by atomic mass is 16.5. The lowest BCUT2D eigenvalue weighted by atomic mass is 9.84. The Morgan fingerprint density at radius 1 is 1.45 bits per heavy atom. The van der Waals surface area contributed by atoms with Gasteiger partial charge in [-0.25, -0.2) is 4.98 Å². The summed E-state index contributed by atoms with van der Waals surface area (Å²) in [6.07, 6.45) is 6.96. The van der Waals surface area contributed by atoms with Crippen LogP contribution in [0.3, 0.4) is 0 Å². The molecule has 0 bridgehead atoms. The van der Waals surface area contributed by atoms with Crippen LogP contribution in [0.1, 0.15) is 42.4 Å². The van der Waals surface area contributed by atoms with Gasteiger partial charge in [0.1, 0.15) is 11.6 Å². The third-order valence-electron chi connectivity index (χ3n) is 4.26. The van der Waals surface area contributed by atoms with Gasteiger partial charge in [-0.05, 0) is 36.1 Å². The van der Waals surface area contributed by atoms with Crippen LogP contribution >= 0.6 is 0 Å².